The largest absolute Gasteiger partial charge is 0.447 e. The maximum absolute atomic E-state index is 12.1. The molecule has 2 saturated heterocycles. The first-order valence-electron chi connectivity index (χ1n) is 7.40. The van der Waals surface area contributed by atoms with Crippen molar-refractivity contribution >= 4 is 12.2 Å². The van der Waals surface area contributed by atoms with Gasteiger partial charge >= 0.3 is 12.2 Å². The molecule has 2 heterocycles. The lowest BCUT2D eigenvalue weighted by Crippen LogP contribution is -2.56. The molecule has 0 atom stereocenters. The third-order valence-electron chi connectivity index (χ3n) is 3.96. The van der Waals surface area contributed by atoms with E-state index in [-0.39, 0.29) is 17.7 Å². The van der Waals surface area contributed by atoms with Crippen molar-refractivity contribution in [2.24, 2.45) is 5.73 Å². The lowest BCUT2D eigenvalue weighted by Gasteiger charge is -2.42. The Kier molecular flexibility index (Phi) is 4.32. The molecule has 0 aromatic rings. The van der Waals surface area contributed by atoms with Crippen LogP contribution in [0, 0.1) is 0 Å². The highest BCUT2D eigenvalue weighted by atomic mass is 16.6. The zero-order valence-corrected chi connectivity index (χ0v) is 13.1. The molecule has 2 rings (SSSR count). The molecule has 1 spiro atoms. The van der Waals surface area contributed by atoms with Crippen molar-refractivity contribution in [2.75, 3.05) is 32.8 Å². The standard InChI is InChI=1S/C14H25N3O4/c1-13(2,3)21-11(18)16-7-4-14(5-8-16)10-20-12(19)17(14)9-6-15/h4-10,15H2,1-3H3. The smallest absolute Gasteiger partial charge is 0.410 e. The van der Waals surface area contributed by atoms with Gasteiger partial charge in [0.2, 0.25) is 0 Å². The van der Waals surface area contributed by atoms with Crippen LogP contribution in [0.1, 0.15) is 33.6 Å². The fourth-order valence-electron chi connectivity index (χ4n) is 2.85. The highest BCUT2D eigenvalue weighted by Gasteiger charge is 2.49. The molecule has 120 valence electrons. The molecule has 0 aliphatic carbocycles. The molecule has 2 aliphatic heterocycles. The van der Waals surface area contributed by atoms with Crippen LogP contribution in [0.25, 0.3) is 0 Å². The molecule has 0 aromatic heterocycles. The van der Waals surface area contributed by atoms with Gasteiger partial charge in [0.1, 0.15) is 12.2 Å². The first-order chi connectivity index (χ1) is 9.77. The third kappa shape index (κ3) is 3.40. The SMILES string of the molecule is CC(C)(C)OC(=O)N1CCC2(CC1)COC(=O)N2CCN. The summed E-state index contributed by atoms with van der Waals surface area (Å²) in [6.45, 7) is 7.96. The molecule has 7 nitrogen and oxygen atoms in total. The summed E-state index contributed by atoms with van der Waals surface area (Å²) in [5, 5.41) is 0. The number of amides is 2. The summed E-state index contributed by atoms with van der Waals surface area (Å²) in [6, 6.07) is 0. The Morgan fingerprint density at radius 1 is 1.38 bits per heavy atom. The minimum absolute atomic E-state index is 0.298. The second-order valence-corrected chi connectivity index (χ2v) is 6.69. The van der Waals surface area contributed by atoms with Crippen LogP contribution < -0.4 is 5.73 Å². The number of nitrogens with two attached hydrogens (primary N) is 1. The van der Waals surface area contributed by atoms with Gasteiger partial charge in [-0.05, 0) is 33.6 Å². The number of nitrogens with zero attached hydrogens (tertiary/aromatic N) is 2. The van der Waals surface area contributed by atoms with E-state index in [2.05, 4.69) is 0 Å². The summed E-state index contributed by atoms with van der Waals surface area (Å²) in [7, 11) is 0. The molecule has 2 N–H and O–H groups in total. The van der Waals surface area contributed by atoms with Gasteiger partial charge < -0.3 is 20.1 Å². The molecule has 2 amide bonds. The van der Waals surface area contributed by atoms with E-state index in [1.807, 2.05) is 20.8 Å². The summed E-state index contributed by atoms with van der Waals surface area (Å²) in [5.74, 6) is 0. The number of hydrogen-bond acceptors (Lipinski definition) is 5. The van der Waals surface area contributed by atoms with Gasteiger partial charge in [-0.25, -0.2) is 9.59 Å². The molecule has 21 heavy (non-hydrogen) atoms. The number of ether oxygens (including phenoxy) is 2. The Balaban J connectivity index is 1.96. The summed E-state index contributed by atoms with van der Waals surface area (Å²) in [6.07, 6.45) is 0.787. The zero-order chi connectivity index (χ0) is 15.7. The normalized spacial score (nSPS) is 21.6. The van der Waals surface area contributed by atoms with Gasteiger partial charge in [-0.2, -0.15) is 0 Å². The Hall–Kier alpha value is -1.50. The van der Waals surface area contributed by atoms with E-state index < -0.39 is 5.60 Å². The Bertz CT molecular complexity index is 411. The van der Waals surface area contributed by atoms with Crippen LogP contribution in [0.4, 0.5) is 9.59 Å². The maximum atomic E-state index is 12.1. The molecular weight excluding hydrogens is 274 g/mol. The quantitative estimate of drug-likeness (QED) is 0.827. The summed E-state index contributed by atoms with van der Waals surface area (Å²) in [4.78, 5) is 27.3. The number of cyclic esters (lactones) is 1. The van der Waals surface area contributed by atoms with E-state index in [0.29, 0.717) is 45.6 Å². The lowest BCUT2D eigenvalue weighted by atomic mass is 9.87. The molecule has 0 unspecified atom stereocenters. The van der Waals surface area contributed by atoms with E-state index in [9.17, 15) is 9.59 Å². The molecule has 0 bridgehead atoms. The van der Waals surface area contributed by atoms with Gasteiger partial charge in [-0.15, -0.1) is 0 Å². The molecule has 0 saturated carbocycles. The molecule has 0 radical (unpaired) electrons. The van der Waals surface area contributed by atoms with E-state index in [0.717, 1.165) is 0 Å². The van der Waals surface area contributed by atoms with E-state index in [1.165, 1.54) is 0 Å². The topological polar surface area (TPSA) is 85.1 Å². The number of carbonyl (C=O) groups is 2. The highest BCUT2D eigenvalue weighted by molar-refractivity contribution is 5.72. The monoisotopic (exact) mass is 299 g/mol. The zero-order valence-electron chi connectivity index (χ0n) is 13.1. The third-order valence-corrected chi connectivity index (χ3v) is 3.96. The van der Waals surface area contributed by atoms with Crippen molar-refractivity contribution in [3.05, 3.63) is 0 Å². The number of likely N-dealkylation sites (tertiary alicyclic amines) is 1. The Morgan fingerprint density at radius 2 is 2.00 bits per heavy atom. The van der Waals surface area contributed by atoms with Crippen molar-refractivity contribution in [3.63, 3.8) is 0 Å². The molecular formula is C14H25N3O4. The van der Waals surface area contributed by atoms with Gasteiger partial charge in [0.25, 0.3) is 0 Å². The second-order valence-electron chi connectivity index (χ2n) is 6.69. The molecule has 0 aromatic carbocycles. The summed E-state index contributed by atoms with van der Waals surface area (Å²) < 4.78 is 10.6. The first-order valence-corrected chi connectivity index (χ1v) is 7.40. The second kappa shape index (κ2) is 5.71. The molecule has 2 fully saturated rings. The average Bonchev–Trinajstić information content (AvgIpc) is 2.68. The maximum Gasteiger partial charge on any atom is 0.410 e. The average molecular weight is 299 g/mol. The van der Waals surface area contributed by atoms with Crippen LogP contribution in [-0.4, -0.2) is 65.9 Å². The van der Waals surface area contributed by atoms with Gasteiger partial charge in [-0.3, -0.25) is 4.90 Å². The van der Waals surface area contributed by atoms with Gasteiger partial charge in [0, 0.05) is 26.2 Å². The fraction of sp³-hybridized carbons (Fsp3) is 0.857. The summed E-state index contributed by atoms with van der Waals surface area (Å²) >= 11 is 0. The Morgan fingerprint density at radius 3 is 2.52 bits per heavy atom. The van der Waals surface area contributed by atoms with Crippen LogP contribution in [-0.2, 0) is 9.47 Å². The highest BCUT2D eigenvalue weighted by Crippen LogP contribution is 2.34. The van der Waals surface area contributed by atoms with Crippen LogP contribution in [0.15, 0.2) is 0 Å². The van der Waals surface area contributed by atoms with E-state index >= 15 is 0 Å². The van der Waals surface area contributed by atoms with Gasteiger partial charge in [0.15, 0.2) is 0 Å². The number of carbonyl (C=O) groups excluding carboxylic acids is 2. The minimum atomic E-state index is -0.496. The van der Waals surface area contributed by atoms with Crippen molar-refractivity contribution < 1.29 is 19.1 Å². The van der Waals surface area contributed by atoms with Crippen LogP contribution in [0.2, 0.25) is 0 Å². The van der Waals surface area contributed by atoms with Crippen molar-refractivity contribution in [3.8, 4) is 0 Å². The van der Waals surface area contributed by atoms with Crippen LogP contribution in [0.3, 0.4) is 0 Å². The molecule has 2 aliphatic rings. The van der Waals surface area contributed by atoms with Crippen LogP contribution >= 0.6 is 0 Å². The number of hydrogen-bond donors (Lipinski definition) is 1. The minimum Gasteiger partial charge on any atom is -0.447 e. The first kappa shape index (κ1) is 15.9. The van der Waals surface area contributed by atoms with Crippen LogP contribution in [0.5, 0.6) is 0 Å². The van der Waals surface area contributed by atoms with Crippen molar-refractivity contribution in [1.82, 2.24) is 9.80 Å². The van der Waals surface area contributed by atoms with E-state index in [1.54, 1.807) is 9.80 Å². The predicted molar refractivity (Wildman–Crippen MR) is 76.9 cm³/mol. The lowest BCUT2D eigenvalue weighted by molar-refractivity contribution is 0.00740. The van der Waals surface area contributed by atoms with Crippen molar-refractivity contribution in [1.29, 1.82) is 0 Å². The van der Waals surface area contributed by atoms with Crippen molar-refractivity contribution in [2.45, 2.75) is 44.8 Å². The predicted octanol–water partition coefficient (Wildman–Crippen LogP) is 1.17. The van der Waals surface area contributed by atoms with Gasteiger partial charge in [0.05, 0.1) is 5.54 Å². The fourth-order valence-corrected chi connectivity index (χ4v) is 2.85. The molecule has 7 heteroatoms. The van der Waals surface area contributed by atoms with E-state index in [4.69, 9.17) is 15.2 Å². The summed E-state index contributed by atoms with van der Waals surface area (Å²) in [5.41, 5.74) is 4.77. The number of piperidine rings is 1. The number of rotatable bonds is 2. The Labute approximate surface area is 125 Å². The van der Waals surface area contributed by atoms with Gasteiger partial charge in [-0.1, -0.05) is 0 Å².